The van der Waals surface area contributed by atoms with E-state index in [1.807, 2.05) is 0 Å². The Bertz CT molecular complexity index is 271. The molecule has 1 rings (SSSR count). The summed E-state index contributed by atoms with van der Waals surface area (Å²) in [5.74, 6) is 0. The molecule has 0 unspecified atom stereocenters. The molecule has 0 nitrogen and oxygen atoms in total. The van der Waals surface area contributed by atoms with E-state index in [2.05, 4.69) is 0 Å². The van der Waals surface area contributed by atoms with Gasteiger partial charge in [-0.3, -0.25) is 0 Å². The van der Waals surface area contributed by atoms with Crippen LogP contribution in [-0.4, -0.2) is 0 Å². The fourth-order valence-corrected chi connectivity index (χ4v) is 0.710. The van der Waals surface area contributed by atoms with Crippen LogP contribution in [0.15, 0.2) is 12.1 Å². The van der Waals surface area contributed by atoms with E-state index in [0.29, 0.717) is 0 Å². The summed E-state index contributed by atoms with van der Waals surface area (Å²) in [6.45, 7) is 0. The van der Waals surface area contributed by atoms with Gasteiger partial charge >= 0.3 is 12.4 Å². The van der Waals surface area contributed by atoms with Crippen molar-refractivity contribution in [2.75, 3.05) is 0 Å². The number of hydrogen-bond donors (Lipinski definition) is 0. The Morgan fingerprint density at radius 3 is 1.14 bits per heavy atom. The molecule has 0 aliphatic carbocycles. The first-order valence-corrected chi connectivity index (χ1v) is 3.29. The van der Waals surface area contributed by atoms with Gasteiger partial charge in [-0.25, -0.2) is 0 Å². The molecule has 0 aliphatic rings. The molecule has 2 radical (unpaired) electrons. The average molecular weight is 212 g/mol. The summed E-state index contributed by atoms with van der Waals surface area (Å²) in [5.41, 5.74) is -2.55. The topological polar surface area (TPSA) is 0 Å². The molecule has 0 bridgehead atoms. The molecule has 76 valence electrons. The van der Waals surface area contributed by atoms with Crippen LogP contribution in [0.4, 0.5) is 26.3 Å². The smallest absolute Gasteiger partial charge is 0.166 e. The maximum absolute atomic E-state index is 11.9. The van der Waals surface area contributed by atoms with Crippen LogP contribution in [-0.2, 0) is 12.4 Å². The number of hydrogen-bond acceptors (Lipinski definition) is 0. The molecule has 0 spiro atoms. The zero-order chi connectivity index (χ0) is 11.0. The summed E-state index contributed by atoms with van der Waals surface area (Å²) in [6.07, 6.45) is -9.39. The van der Waals surface area contributed by atoms with Crippen LogP contribution >= 0.6 is 0 Å². The third-order valence-electron chi connectivity index (χ3n) is 1.35. The van der Waals surface area contributed by atoms with Gasteiger partial charge in [0.2, 0.25) is 0 Å². The molecule has 14 heavy (non-hydrogen) atoms. The van der Waals surface area contributed by atoms with Crippen molar-refractivity contribution in [1.82, 2.24) is 0 Å². The van der Waals surface area contributed by atoms with Crippen molar-refractivity contribution >= 4 is 0 Å². The molecule has 6 heteroatoms. The van der Waals surface area contributed by atoms with E-state index in [-0.39, 0.29) is 12.1 Å². The largest absolute Gasteiger partial charge is 0.417 e. The van der Waals surface area contributed by atoms with Crippen LogP contribution in [0, 0.1) is 12.1 Å². The summed E-state index contributed by atoms with van der Waals surface area (Å²) in [6, 6.07) is 3.46. The highest BCUT2D eigenvalue weighted by atomic mass is 19.4. The van der Waals surface area contributed by atoms with E-state index < -0.39 is 23.5 Å². The second kappa shape index (κ2) is 3.18. The molecule has 1 aromatic carbocycles. The van der Waals surface area contributed by atoms with Gasteiger partial charge in [0, 0.05) is 0 Å². The molecule has 0 saturated heterocycles. The third-order valence-corrected chi connectivity index (χ3v) is 1.35. The standard InChI is InChI=1S/C8H2F6/c9-7(10,11)5-1-2-6(4-3-5)8(12,13)14/h1,4H. The highest BCUT2D eigenvalue weighted by molar-refractivity contribution is 5.23. The zero-order valence-corrected chi connectivity index (χ0v) is 6.42. The number of rotatable bonds is 0. The second-order valence-corrected chi connectivity index (χ2v) is 2.40. The highest BCUT2D eigenvalue weighted by Crippen LogP contribution is 2.32. The lowest BCUT2D eigenvalue weighted by atomic mass is 10.1. The SMILES string of the molecule is FC(F)(F)c1[c]cc(C(F)(F)F)[c]c1. The highest BCUT2D eigenvalue weighted by Gasteiger charge is 2.34. The lowest BCUT2D eigenvalue weighted by Gasteiger charge is -2.08. The summed E-state index contributed by atoms with van der Waals surface area (Å²) >= 11 is 0. The van der Waals surface area contributed by atoms with Crippen molar-refractivity contribution in [3.05, 3.63) is 35.4 Å². The van der Waals surface area contributed by atoms with Gasteiger partial charge < -0.3 is 0 Å². The predicted molar refractivity (Wildman–Crippen MR) is 34.1 cm³/mol. The third kappa shape index (κ3) is 2.40. The van der Waals surface area contributed by atoms with Gasteiger partial charge in [0.15, 0.2) is 0 Å². The summed E-state index contributed by atoms with van der Waals surface area (Å²) in [7, 11) is 0. The van der Waals surface area contributed by atoms with Crippen LogP contribution in [0.5, 0.6) is 0 Å². The molecule has 0 N–H and O–H groups in total. The second-order valence-electron chi connectivity index (χ2n) is 2.40. The molecular weight excluding hydrogens is 210 g/mol. The number of halogens is 6. The van der Waals surface area contributed by atoms with Crippen LogP contribution in [0.25, 0.3) is 0 Å². The van der Waals surface area contributed by atoms with Gasteiger partial charge in [0.05, 0.1) is 11.1 Å². The minimum atomic E-state index is -4.69. The zero-order valence-electron chi connectivity index (χ0n) is 6.42. The van der Waals surface area contributed by atoms with Crippen molar-refractivity contribution < 1.29 is 26.3 Å². The van der Waals surface area contributed by atoms with Crippen LogP contribution in [0.1, 0.15) is 11.1 Å². The van der Waals surface area contributed by atoms with E-state index in [4.69, 9.17) is 0 Å². The van der Waals surface area contributed by atoms with Gasteiger partial charge in [-0.2, -0.15) is 26.3 Å². The quantitative estimate of drug-likeness (QED) is 0.578. The predicted octanol–water partition coefficient (Wildman–Crippen LogP) is 3.32. The van der Waals surface area contributed by atoms with Gasteiger partial charge in [0.1, 0.15) is 0 Å². The van der Waals surface area contributed by atoms with Crippen molar-refractivity contribution in [2.45, 2.75) is 12.4 Å². The molecule has 0 aromatic heterocycles. The van der Waals surface area contributed by atoms with Crippen molar-refractivity contribution in [1.29, 1.82) is 0 Å². The molecular formula is C8H2F6. The fraction of sp³-hybridized carbons (Fsp3) is 0.250. The molecule has 0 saturated carbocycles. The Morgan fingerprint density at radius 1 is 0.714 bits per heavy atom. The molecule has 0 fully saturated rings. The fourth-order valence-electron chi connectivity index (χ4n) is 0.710. The van der Waals surface area contributed by atoms with E-state index in [9.17, 15) is 26.3 Å². The number of benzene rings is 1. The summed E-state index contributed by atoms with van der Waals surface area (Å²) < 4.78 is 71.3. The first kappa shape index (κ1) is 10.9. The molecule has 0 heterocycles. The van der Waals surface area contributed by atoms with Crippen LogP contribution in [0.2, 0.25) is 0 Å². The Labute approximate surface area is 75.2 Å². The molecule has 1 aromatic rings. The van der Waals surface area contributed by atoms with Crippen molar-refractivity contribution in [3.63, 3.8) is 0 Å². The maximum atomic E-state index is 11.9. The van der Waals surface area contributed by atoms with Crippen LogP contribution in [0.3, 0.4) is 0 Å². The van der Waals surface area contributed by atoms with E-state index >= 15 is 0 Å². The number of alkyl halides is 6. The van der Waals surface area contributed by atoms with Gasteiger partial charge in [-0.15, -0.1) is 0 Å². The van der Waals surface area contributed by atoms with Crippen molar-refractivity contribution in [3.8, 4) is 0 Å². The Morgan fingerprint density at radius 2 is 1.00 bits per heavy atom. The molecule has 0 aliphatic heterocycles. The van der Waals surface area contributed by atoms with E-state index in [1.54, 1.807) is 0 Å². The molecule has 0 atom stereocenters. The normalized spacial score (nSPS) is 13.0. The summed E-state index contributed by atoms with van der Waals surface area (Å²) in [5, 5.41) is 0. The monoisotopic (exact) mass is 212 g/mol. The van der Waals surface area contributed by atoms with Crippen molar-refractivity contribution in [2.24, 2.45) is 0 Å². The average Bonchev–Trinajstić information content (AvgIpc) is 2.01. The van der Waals surface area contributed by atoms with Gasteiger partial charge in [-0.05, 0) is 24.3 Å². The first-order valence-electron chi connectivity index (χ1n) is 3.29. The van der Waals surface area contributed by atoms with Crippen LogP contribution < -0.4 is 0 Å². The minimum Gasteiger partial charge on any atom is -0.166 e. The Balaban J connectivity index is 3.02. The minimum absolute atomic E-state index is 0.225. The lowest BCUT2D eigenvalue weighted by Crippen LogP contribution is -2.08. The Hall–Kier alpha value is -1.20. The van der Waals surface area contributed by atoms with E-state index in [1.165, 1.54) is 12.1 Å². The lowest BCUT2D eigenvalue weighted by molar-refractivity contribution is -0.141. The summed E-state index contributed by atoms with van der Waals surface area (Å²) in [4.78, 5) is 0. The Kier molecular flexibility index (Phi) is 2.47. The van der Waals surface area contributed by atoms with E-state index in [0.717, 1.165) is 0 Å². The first-order chi connectivity index (χ1) is 6.21. The maximum Gasteiger partial charge on any atom is 0.417 e. The molecule has 0 amide bonds. The van der Waals surface area contributed by atoms with Gasteiger partial charge in [0.25, 0.3) is 0 Å². The van der Waals surface area contributed by atoms with Gasteiger partial charge in [-0.1, -0.05) is 0 Å².